The molecule has 0 saturated carbocycles. The van der Waals surface area contributed by atoms with E-state index in [1.807, 2.05) is 6.92 Å². The van der Waals surface area contributed by atoms with Crippen molar-refractivity contribution >= 4 is 90.4 Å². The topological polar surface area (TPSA) is 278 Å². The van der Waals surface area contributed by atoms with Crippen LogP contribution in [0.15, 0.2) is 127 Å². The number of anilines is 4. The zero-order valence-corrected chi connectivity index (χ0v) is 29.5. The molecule has 0 radical (unpaired) electrons. The third-order valence-corrected chi connectivity index (χ3v) is 9.80. The molecule has 0 amide bonds. The first kappa shape index (κ1) is 36.6. The predicted molar refractivity (Wildman–Crippen MR) is 194 cm³/mol. The molecule has 268 valence electrons. The fourth-order valence-corrected chi connectivity index (χ4v) is 6.78. The molecule has 0 saturated heterocycles. The fraction of sp³-hybridized carbons (Fsp3) is 0.0312. The van der Waals surface area contributed by atoms with Crippen molar-refractivity contribution in [3.05, 3.63) is 103 Å². The Hall–Kier alpha value is -6.15. The normalized spacial score (nSPS) is 12.4. The lowest BCUT2D eigenvalue weighted by molar-refractivity contribution is 0.430. The highest BCUT2D eigenvalue weighted by Crippen LogP contribution is 2.34. The van der Waals surface area contributed by atoms with Gasteiger partial charge >= 0.3 is 14.0 Å². The number of hydrogen-bond acceptors (Lipinski definition) is 15. The van der Waals surface area contributed by atoms with E-state index < -0.39 is 44.1 Å². The van der Waals surface area contributed by atoms with Gasteiger partial charge in [-0.2, -0.15) is 57.1 Å². The van der Waals surface area contributed by atoms with Gasteiger partial charge in [-0.25, -0.2) is 0 Å². The second-order valence-corrected chi connectivity index (χ2v) is 14.9. The van der Waals surface area contributed by atoms with Gasteiger partial charge in [-0.3, -0.25) is 9.11 Å². The third kappa shape index (κ3) is 9.02. The van der Waals surface area contributed by atoms with Crippen LogP contribution in [0.4, 0.5) is 46.0 Å². The van der Waals surface area contributed by atoms with Gasteiger partial charge in [-0.15, -0.1) is 0 Å². The molecule has 0 aliphatic heterocycles. The standard InChI is InChI=1S/C32H24N9O9PS2/c1-18-14-22(40-39-21-4-2-5-24(15-21)51(43)44)12-13-27(18)34-31-35-30(36-32(42)37-31)33-19-8-10-20(11-9-19)38-41-23-16-26-25(29(17-23)53(48,49)50)6-3-7-28(26)52(45,46)47/h2-17H,1H3,(H5-,33,34,35,36,37,39,41,42,43,44,45,46,47,48,49,50)/p+1. The van der Waals surface area contributed by atoms with Gasteiger partial charge in [0.15, 0.2) is 0 Å². The molecule has 0 spiro atoms. The molecule has 0 fully saturated rings. The largest absolute Gasteiger partial charge is 0.546 e. The van der Waals surface area contributed by atoms with Crippen molar-refractivity contribution in [3.8, 4) is 6.01 Å². The Morgan fingerprint density at radius 3 is 1.89 bits per heavy atom. The monoisotopic (exact) mass is 774 g/mol. The van der Waals surface area contributed by atoms with Gasteiger partial charge < -0.3 is 15.7 Å². The van der Waals surface area contributed by atoms with Gasteiger partial charge in [-0.1, -0.05) is 18.2 Å². The highest BCUT2D eigenvalue weighted by atomic mass is 32.2. The summed E-state index contributed by atoms with van der Waals surface area (Å²) in [5, 5.41) is 32.4. The summed E-state index contributed by atoms with van der Waals surface area (Å²) in [7, 11) is -12.1. The molecular formula is C32H25N9O9PS2+. The molecule has 1 unspecified atom stereocenters. The van der Waals surface area contributed by atoms with Gasteiger partial charge in [0.1, 0.15) is 9.79 Å². The first-order valence-corrected chi connectivity index (χ1v) is 19.0. The molecule has 1 heterocycles. The SMILES string of the molecule is Cc1cc(N=Nc2cccc([P+](=O)O)c2)ccc1Nc1nc(O)nc(Nc2ccc(N=Nc3cc(S(=O)(=O)O)c4cccc(S(=O)(=O)O)c4c3)cc2)n1. The number of azo groups is 2. The minimum absolute atomic E-state index is 0.00662. The highest BCUT2D eigenvalue weighted by molar-refractivity contribution is 7.86. The lowest BCUT2D eigenvalue weighted by Gasteiger charge is -2.10. The third-order valence-electron chi connectivity index (χ3n) is 7.27. The van der Waals surface area contributed by atoms with Gasteiger partial charge in [0.05, 0.1) is 22.7 Å². The summed E-state index contributed by atoms with van der Waals surface area (Å²) in [6.07, 6.45) is 0. The Morgan fingerprint density at radius 1 is 0.623 bits per heavy atom. The smallest absolute Gasteiger partial charge is 0.479 e. The van der Waals surface area contributed by atoms with E-state index in [4.69, 9.17) is 0 Å². The number of rotatable bonds is 11. The molecule has 6 aromatic rings. The molecule has 0 aliphatic rings. The van der Waals surface area contributed by atoms with Crippen molar-refractivity contribution in [3.63, 3.8) is 0 Å². The molecule has 21 heteroatoms. The maximum Gasteiger partial charge on any atom is 0.546 e. The van der Waals surface area contributed by atoms with Crippen molar-refractivity contribution in [2.45, 2.75) is 16.7 Å². The van der Waals surface area contributed by atoms with Gasteiger partial charge in [0.25, 0.3) is 20.2 Å². The van der Waals surface area contributed by atoms with Crippen molar-refractivity contribution in [2.24, 2.45) is 20.5 Å². The van der Waals surface area contributed by atoms with Crippen LogP contribution in [0.5, 0.6) is 6.01 Å². The first-order valence-electron chi connectivity index (χ1n) is 14.9. The van der Waals surface area contributed by atoms with Gasteiger partial charge in [0.2, 0.25) is 17.2 Å². The van der Waals surface area contributed by atoms with Crippen LogP contribution >= 0.6 is 8.03 Å². The van der Waals surface area contributed by atoms with Crippen LogP contribution < -0.4 is 15.9 Å². The van der Waals surface area contributed by atoms with Gasteiger partial charge in [-0.05, 0) is 89.8 Å². The van der Waals surface area contributed by atoms with E-state index in [0.717, 1.165) is 17.7 Å². The minimum atomic E-state index is -4.82. The van der Waals surface area contributed by atoms with Crippen LogP contribution in [0, 0.1) is 6.92 Å². The number of fused-ring (bicyclic) bond motifs is 1. The van der Waals surface area contributed by atoms with Crippen LogP contribution in [0.1, 0.15) is 5.56 Å². The summed E-state index contributed by atoms with van der Waals surface area (Å²) in [6, 6.07) is 22.8. The second-order valence-electron chi connectivity index (χ2n) is 11.0. The average Bonchev–Trinajstić information content (AvgIpc) is 3.10. The molecule has 6 rings (SSSR count). The molecule has 0 aliphatic carbocycles. The Bertz CT molecular complexity index is 2700. The zero-order valence-electron chi connectivity index (χ0n) is 27.0. The Morgan fingerprint density at radius 2 is 1.23 bits per heavy atom. The van der Waals surface area contributed by atoms with E-state index in [2.05, 4.69) is 46.0 Å². The van der Waals surface area contributed by atoms with Crippen molar-refractivity contribution in [2.75, 3.05) is 10.6 Å². The van der Waals surface area contributed by atoms with E-state index >= 15 is 0 Å². The van der Waals surface area contributed by atoms with Crippen LogP contribution in [-0.2, 0) is 24.8 Å². The predicted octanol–water partition coefficient (Wildman–Crippen LogP) is 7.21. The highest BCUT2D eigenvalue weighted by Gasteiger charge is 2.21. The Kier molecular flexibility index (Phi) is 10.3. The van der Waals surface area contributed by atoms with Crippen molar-refractivity contribution < 1.29 is 40.5 Å². The van der Waals surface area contributed by atoms with Crippen LogP contribution in [0.3, 0.4) is 0 Å². The number of aryl methyl sites for hydroxylation is 1. The number of benzene rings is 5. The quantitative estimate of drug-likeness (QED) is 0.0431. The van der Waals surface area contributed by atoms with E-state index in [1.54, 1.807) is 42.5 Å². The Balaban J connectivity index is 1.16. The summed E-state index contributed by atoms with van der Waals surface area (Å²) in [4.78, 5) is 20.2. The van der Waals surface area contributed by atoms with Crippen LogP contribution in [-0.4, -0.2) is 50.9 Å². The van der Waals surface area contributed by atoms with Crippen LogP contribution in [0.25, 0.3) is 10.8 Å². The molecule has 0 bridgehead atoms. The number of aromatic nitrogens is 3. The maximum absolute atomic E-state index is 12.1. The van der Waals surface area contributed by atoms with Crippen molar-refractivity contribution in [1.82, 2.24) is 15.0 Å². The number of aromatic hydroxyl groups is 1. The number of nitrogens with one attached hydrogen (secondary N) is 2. The average molecular weight is 775 g/mol. The molecule has 53 heavy (non-hydrogen) atoms. The molecule has 1 aromatic heterocycles. The van der Waals surface area contributed by atoms with Crippen molar-refractivity contribution in [1.29, 1.82) is 0 Å². The molecule has 6 N–H and O–H groups in total. The summed E-state index contributed by atoms with van der Waals surface area (Å²) in [5.41, 5.74) is 2.91. The van der Waals surface area contributed by atoms with Crippen LogP contribution in [0.2, 0.25) is 0 Å². The van der Waals surface area contributed by atoms with E-state index in [1.165, 1.54) is 42.5 Å². The van der Waals surface area contributed by atoms with E-state index in [-0.39, 0.29) is 33.7 Å². The maximum atomic E-state index is 12.1. The summed E-state index contributed by atoms with van der Waals surface area (Å²) in [5.74, 6) is 0.0162. The molecule has 18 nitrogen and oxygen atoms in total. The molecule has 1 atom stereocenters. The lowest BCUT2D eigenvalue weighted by Crippen LogP contribution is -2.04. The number of hydrogen-bond donors (Lipinski definition) is 6. The minimum Gasteiger partial charge on any atom is -0.479 e. The second kappa shape index (κ2) is 14.8. The molecule has 5 aromatic carbocycles. The molecular weight excluding hydrogens is 750 g/mol. The lowest BCUT2D eigenvalue weighted by atomic mass is 10.1. The number of nitrogens with zero attached hydrogens (tertiary/aromatic N) is 7. The summed E-state index contributed by atoms with van der Waals surface area (Å²) in [6.45, 7) is 1.81. The fourth-order valence-electron chi connectivity index (χ4n) is 4.90. The first-order chi connectivity index (χ1) is 25.1. The Labute approximate surface area is 301 Å². The summed E-state index contributed by atoms with van der Waals surface area (Å²) >= 11 is 0. The van der Waals surface area contributed by atoms with E-state index in [0.29, 0.717) is 28.4 Å². The van der Waals surface area contributed by atoms with Gasteiger partial charge in [0, 0.05) is 28.2 Å². The summed E-state index contributed by atoms with van der Waals surface area (Å²) < 4.78 is 78.8. The zero-order chi connectivity index (χ0) is 37.9. The van der Waals surface area contributed by atoms with E-state index in [9.17, 15) is 40.5 Å².